The first-order chi connectivity index (χ1) is 9.33. The molecule has 1 N–H and O–H groups in total. The fourth-order valence-corrected chi connectivity index (χ4v) is 2.71. The monoisotopic (exact) mass is 260 g/mol. The number of carbonyl (C=O) groups is 1. The maximum atomic E-state index is 11.7. The molecule has 2 amide bonds. The van der Waals surface area contributed by atoms with Crippen LogP contribution in [-0.4, -0.2) is 36.2 Å². The number of rotatable bonds is 4. The maximum absolute atomic E-state index is 11.7. The Bertz CT molecular complexity index is 429. The van der Waals surface area contributed by atoms with Crippen LogP contribution in [0.25, 0.3) is 0 Å². The third-order valence-corrected chi connectivity index (χ3v) is 3.95. The lowest BCUT2D eigenvalue weighted by Crippen LogP contribution is -2.56. The van der Waals surface area contributed by atoms with Gasteiger partial charge in [-0.15, -0.1) is 0 Å². The minimum Gasteiger partial charge on any atom is -0.373 e. The smallest absolute Gasteiger partial charge is 0.317 e. The quantitative estimate of drug-likeness (QED) is 0.901. The van der Waals surface area contributed by atoms with Crippen molar-refractivity contribution in [2.24, 2.45) is 0 Å². The Balaban J connectivity index is 1.42. The van der Waals surface area contributed by atoms with Crippen LogP contribution in [0.1, 0.15) is 24.8 Å². The summed E-state index contributed by atoms with van der Waals surface area (Å²) >= 11 is 0. The largest absolute Gasteiger partial charge is 0.373 e. The second kappa shape index (κ2) is 5.61. The zero-order chi connectivity index (χ0) is 13.1. The van der Waals surface area contributed by atoms with E-state index >= 15 is 0 Å². The zero-order valence-corrected chi connectivity index (χ0v) is 11.0. The molecule has 4 nitrogen and oxygen atoms in total. The van der Waals surface area contributed by atoms with Gasteiger partial charge in [-0.05, 0) is 24.8 Å². The number of ether oxygens (including phenoxy) is 1. The highest BCUT2D eigenvalue weighted by Gasteiger charge is 2.37. The lowest BCUT2D eigenvalue weighted by Gasteiger charge is -2.44. The van der Waals surface area contributed by atoms with Crippen molar-refractivity contribution in [3.63, 3.8) is 0 Å². The zero-order valence-electron chi connectivity index (χ0n) is 11.0. The summed E-state index contributed by atoms with van der Waals surface area (Å²) in [6.45, 7) is 2.38. The standard InChI is InChI=1S/C15H20N2O2/c18-15-16-7-4-8-17(15)13-9-14(10-13)19-11-12-5-2-1-3-6-12/h1-3,5-6,13-14H,4,7-11H2,(H,16,18)/t13-,14-. The second-order valence-electron chi connectivity index (χ2n) is 5.32. The molecule has 0 aromatic heterocycles. The predicted molar refractivity (Wildman–Crippen MR) is 72.8 cm³/mol. The summed E-state index contributed by atoms with van der Waals surface area (Å²) in [7, 11) is 0. The predicted octanol–water partition coefficient (Wildman–Crippen LogP) is 2.15. The van der Waals surface area contributed by atoms with Crippen LogP contribution < -0.4 is 5.32 Å². The molecule has 0 atom stereocenters. The van der Waals surface area contributed by atoms with Crippen molar-refractivity contribution in [1.82, 2.24) is 10.2 Å². The topological polar surface area (TPSA) is 41.6 Å². The van der Waals surface area contributed by atoms with Crippen molar-refractivity contribution >= 4 is 6.03 Å². The number of benzene rings is 1. The molecule has 0 spiro atoms. The molecule has 1 heterocycles. The summed E-state index contributed by atoms with van der Waals surface area (Å²) in [4.78, 5) is 13.7. The van der Waals surface area contributed by atoms with Gasteiger partial charge in [0.25, 0.3) is 0 Å². The number of carbonyl (C=O) groups excluding carboxylic acids is 1. The van der Waals surface area contributed by atoms with Crippen LogP contribution in [-0.2, 0) is 11.3 Å². The van der Waals surface area contributed by atoms with Gasteiger partial charge < -0.3 is 15.0 Å². The van der Waals surface area contributed by atoms with Crippen LogP contribution >= 0.6 is 0 Å². The van der Waals surface area contributed by atoms with Crippen molar-refractivity contribution in [2.75, 3.05) is 13.1 Å². The van der Waals surface area contributed by atoms with Crippen molar-refractivity contribution in [1.29, 1.82) is 0 Å². The van der Waals surface area contributed by atoms with Crippen LogP contribution in [0, 0.1) is 0 Å². The minimum absolute atomic E-state index is 0.0951. The molecule has 1 aromatic carbocycles. The molecule has 3 rings (SSSR count). The van der Waals surface area contributed by atoms with E-state index in [0.29, 0.717) is 18.8 Å². The van der Waals surface area contributed by atoms with Crippen molar-refractivity contribution in [2.45, 2.75) is 38.0 Å². The van der Waals surface area contributed by atoms with Gasteiger partial charge in [0.2, 0.25) is 0 Å². The lowest BCUT2D eigenvalue weighted by atomic mass is 9.87. The highest BCUT2D eigenvalue weighted by atomic mass is 16.5. The fourth-order valence-electron chi connectivity index (χ4n) is 2.71. The molecule has 0 unspecified atom stereocenters. The summed E-state index contributed by atoms with van der Waals surface area (Å²) < 4.78 is 5.86. The number of amides is 2. The van der Waals surface area contributed by atoms with Crippen molar-refractivity contribution < 1.29 is 9.53 Å². The molecular weight excluding hydrogens is 240 g/mol. The van der Waals surface area contributed by atoms with Gasteiger partial charge in [-0.2, -0.15) is 0 Å². The van der Waals surface area contributed by atoms with Crippen molar-refractivity contribution in [3.05, 3.63) is 35.9 Å². The van der Waals surface area contributed by atoms with Crippen LogP contribution in [0.15, 0.2) is 30.3 Å². The molecule has 102 valence electrons. The number of hydrogen-bond donors (Lipinski definition) is 1. The highest BCUT2D eigenvalue weighted by Crippen LogP contribution is 2.29. The maximum Gasteiger partial charge on any atom is 0.317 e. The van der Waals surface area contributed by atoms with Gasteiger partial charge in [-0.1, -0.05) is 30.3 Å². The summed E-state index contributed by atoms with van der Waals surface area (Å²) in [6.07, 6.45) is 3.30. The summed E-state index contributed by atoms with van der Waals surface area (Å²) in [5, 5.41) is 2.90. The molecule has 19 heavy (non-hydrogen) atoms. The molecule has 1 aliphatic carbocycles. The Morgan fingerprint density at radius 1 is 1.26 bits per heavy atom. The molecule has 4 heteroatoms. The molecule has 1 aromatic rings. The fraction of sp³-hybridized carbons (Fsp3) is 0.533. The molecule has 2 fully saturated rings. The van der Waals surface area contributed by atoms with Crippen LogP contribution in [0.3, 0.4) is 0 Å². The number of urea groups is 1. The van der Waals surface area contributed by atoms with Gasteiger partial charge in [0.05, 0.1) is 12.7 Å². The summed E-state index contributed by atoms with van der Waals surface area (Å²) in [5.41, 5.74) is 1.21. The van der Waals surface area contributed by atoms with Crippen molar-refractivity contribution in [3.8, 4) is 0 Å². The van der Waals surface area contributed by atoms with E-state index in [1.165, 1.54) is 5.56 Å². The van der Waals surface area contributed by atoms with E-state index in [4.69, 9.17) is 4.74 Å². The normalized spacial score (nSPS) is 26.7. The summed E-state index contributed by atoms with van der Waals surface area (Å²) in [5.74, 6) is 0. The first kappa shape index (κ1) is 12.5. The van der Waals surface area contributed by atoms with E-state index < -0.39 is 0 Å². The van der Waals surface area contributed by atoms with Crippen LogP contribution in [0.5, 0.6) is 0 Å². The van der Waals surface area contributed by atoms with E-state index in [1.807, 2.05) is 23.1 Å². The van der Waals surface area contributed by atoms with Gasteiger partial charge in [0.15, 0.2) is 0 Å². The minimum atomic E-state index is 0.0951. The average Bonchev–Trinajstić information content (AvgIpc) is 2.40. The summed E-state index contributed by atoms with van der Waals surface area (Å²) in [6, 6.07) is 10.7. The third kappa shape index (κ3) is 2.89. The van der Waals surface area contributed by atoms with E-state index in [9.17, 15) is 4.79 Å². The Labute approximate surface area is 113 Å². The van der Waals surface area contributed by atoms with Gasteiger partial charge in [0, 0.05) is 19.1 Å². The number of hydrogen-bond acceptors (Lipinski definition) is 2. The Kier molecular flexibility index (Phi) is 3.69. The lowest BCUT2D eigenvalue weighted by molar-refractivity contribution is -0.0507. The van der Waals surface area contributed by atoms with Gasteiger partial charge in [0.1, 0.15) is 0 Å². The van der Waals surface area contributed by atoms with E-state index in [0.717, 1.165) is 32.4 Å². The number of nitrogens with one attached hydrogen (secondary N) is 1. The number of nitrogens with zero attached hydrogens (tertiary/aromatic N) is 1. The Hall–Kier alpha value is -1.55. The Morgan fingerprint density at radius 2 is 2.05 bits per heavy atom. The third-order valence-electron chi connectivity index (χ3n) is 3.95. The molecule has 0 bridgehead atoms. The second-order valence-corrected chi connectivity index (χ2v) is 5.32. The molecular formula is C15H20N2O2. The van der Waals surface area contributed by atoms with Gasteiger partial charge in [-0.3, -0.25) is 0 Å². The van der Waals surface area contributed by atoms with Crippen LogP contribution in [0.2, 0.25) is 0 Å². The molecule has 1 aliphatic heterocycles. The molecule has 1 saturated heterocycles. The Morgan fingerprint density at radius 3 is 2.79 bits per heavy atom. The highest BCUT2D eigenvalue weighted by molar-refractivity contribution is 5.75. The van der Waals surface area contributed by atoms with E-state index in [2.05, 4.69) is 17.4 Å². The van der Waals surface area contributed by atoms with Gasteiger partial charge in [-0.25, -0.2) is 4.79 Å². The molecule has 2 aliphatic rings. The molecule has 1 saturated carbocycles. The van der Waals surface area contributed by atoms with Crippen LogP contribution in [0.4, 0.5) is 4.79 Å². The first-order valence-corrected chi connectivity index (χ1v) is 7.03. The van der Waals surface area contributed by atoms with E-state index in [1.54, 1.807) is 0 Å². The van der Waals surface area contributed by atoms with E-state index in [-0.39, 0.29) is 6.03 Å². The average molecular weight is 260 g/mol. The van der Waals surface area contributed by atoms with Gasteiger partial charge >= 0.3 is 6.03 Å². The SMILES string of the molecule is O=C1NCCCN1[C@H]1C[C@H](OCc2ccccc2)C1. The first-order valence-electron chi connectivity index (χ1n) is 7.03. The molecule has 0 radical (unpaired) electrons.